The molecular formula is C15H23N3. The summed E-state index contributed by atoms with van der Waals surface area (Å²) in [6.45, 7) is 1.17. The number of nitrogens with zero attached hydrogens (tertiary/aromatic N) is 2. The molecule has 4 rings (SSSR count). The van der Waals surface area contributed by atoms with Gasteiger partial charge in [0.15, 0.2) is 0 Å². The van der Waals surface area contributed by atoms with Gasteiger partial charge in [0.1, 0.15) is 0 Å². The van der Waals surface area contributed by atoms with Crippen LogP contribution in [0.4, 0.5) is 0 Å². The molecule has 4 atom stereocenters. The van der Waals surface area contributed by atoms with Crippen LogP contribution in [-0.2, 0) is 0 Å². The minimum absolute atomic E-state index is 0.556. The number of hydrogen-bond donors (Lipinski definition) is 1. The van der Waals surface area contributed by atoms with E-state index in [0.29, 0.717) is 6.04 Å². The highest BCUT2D eigenvalue weighted by Gasteiger charge is 2.41. The number of aromatic nitrogens is 2. The highest BCUT2D eigenvalue weighted by Crippen LogP contribution is 2.51. The van der Waals surface area contributed by atoms with E-state index < -0.39 is 0 Å². The largest absolute Gasteiger partial charge is 0.330 e. The first-order valence-electron chi connectivity index (χ1n) is 7.67. The molecule has 3 fully saturated rings. The van der Waals surface area contributed by atoms with Gasteiger partial charge < -0.3 is 9.88 Å². The molecule has 1 aromatic heterocycles. The minimum atomic E-state index is 0.556. The molecule has 0 aromatic carbocycles. The third-order valence-electron chi connectivity index (χ3n) is 5.42. The molecular weight excluding hydrogens is 222 g/mol. The van der Waals surface area contributed by atoms with E-state index in [1.165, 1.54) is 57.2 Å². The van der Waals surface area contributed by atoms with Gasteiger partial charge in [-0.15, -0.1) is 0 Å². The van der Waals surface area contributed by atoms with Gasteiger partial charge in [0.25, 0.3) is 0 Å². The zero-order chi connectivity index (χ0) is 11.9. The SMILES string of the molecule is c1ncn(C2CC3CCC2C3)c1C1CCCCN1. The van der Waals surface area contributed by atoms with Crippen LogP contribution < -0.4 is 5.32 Å². The molecule has 98 valence electrons. The van der Waals surface area contributed by atoms with E-state index in [0.717, 1.165) is 17.9 Å². The van der Waals surface area contributed by atoms with Crippen molar-refractivity contribution in [1.29, 1.82) is 0 Å². The quantitative estimate of drug-likeness (QED) is 0.868. The van der Waals surface area contributed by atoms with Gasteiger partial charge in [-0.1, -0.05) is 12.8 Å². The molecule has 3 nitrogen and oxygen atoms in total. The molecule has 1 aliphatic heterocycles. The van der Waals surface area contributed by atoms with E-state index in [1.807, 2.05) is 0 Å². The Morgan fingerprint density at radius 3 is 2.89 bits per heavy atom. The predicted octanol–water partition coefficient (Wildman–Crippen LogP) is 3.06. The second-order valence-corrected chi connectivity index (χ2v) is 6.47. The van der Waals surface area contributed by atoms with Crippen LogP contribution in [0.25, 0.3) is 0 Å². The van der Waals surface area contributed by atoms with E-state index >= 15 is 0 Å². The smallest absolute Gasteiger partial charge is 0.0951 e. The number of nitrogens with one attached hydrogen (secondary N) is 1. The lowest BCUT2D eigenvalue weighted by molar-refractivity contribution is 0.305. The Balaban J connectivity index is 1.59. The van der Waals surface area contributed by atoms with E-state index in [4.69, 9.17) is 0 Å². The third kappa shape index (κ3) is 1.71. The Morgan fingerprint density at radius 2 is 2.17 bits per heavy atom. The van der Waals surface area contributed by atoms with Crippen molar-refractivity contribution in [3.8, 4) is 0 Å². The van der Waals surface area contributed by atoms with Crippen molar-refractivity contribution in [3.63, 3.8) is 0 Å². The van der Waals surface area contributed by atoms with E-state index in [1.54, 1.807) is 0 Å². The highest BCUT2D eigenvalue weighted by atomic mass is 15.1. The zero-order valence-electron chi connectivity index (χ0n) is 11.0. The predicted molar refractivity (Wildman–Crippen MR) is 71.3 cm³/mol. The lowest BCUT2D eigenvalue weighted by atomic mass is 9.94. The van der Waals surface area contributed by atoms with Gasteiger partial charge in [-0.05, 0) is 50.5 Å². The van der Waals surface area contributed by atoms with Crippen molar-refractivity contribution in [2.45, 2.75) is 57.0 Å². The number of imidazole rings is 1. The van der Waals surface area contributed by atoms with Crippen LogP contribution in [-0.4, -0.2) is 16.1 Å². The lowest BCUT2D eigenvalue weighted by Gasteiger charge is -2.29. The third-order valence-corrected chi connectivity index (χ3v) is 5.42. The maximum absolute atomic E-state index is 4.45. The van der Waals surface area contributed by atoms with Crippen LogP contribution in [0.5, 0.6) is 0 Å². The average Bonchev–Trinajstić information content (AvgIpc) is 3.15. The molecule has 2 bridgehead atoms. The molecule has 2 saturated carbocycles. The summed E-state index contributed by atoms with van der Waals surface area (Å²) >= 11 is 0. The average molecular weight is 245 g/mol. The van der Waals surface area contributed by atoms with Crippen LogP contribution in [0.1, 0.15) is 62.7 Å². The summed E-state index contributed by atoms with van der Waals surface area (Å²) in [6.07, 6.45) is 14.0. The Morgan fingerprint density at radius 1 is 1.17 bits per heavy atom. The van der Waals surface area contributed by atoms with Crippen LogP contribution in [0.15, 0.2) is 12.5 Å². The maximum Gasteiger partial charge on any atom is 0.0951 e. The summed E-state index contributed by atoms with van der Waals surface area (Å²) < 4.78 is 2.52. The first-order valence-corrected chi connectivity index (χ1v) is 7.67. The summed E-state index contributed by atoms with van der Waals surface area (Å²) in [5.74, 6) is 1.95. The van der Waals surface area contributed by atoms with Gasteiger partial charge in [-0.3, -0.25) is 0 Å². The van der Waals surface area contributed by atoms with E-state index in [9.17, 15) is 0 Å². The molecule has 4 unspecified atom stereocenters. The Hall–Kier alpha value is -0.830. The fourth-order valence-electron chi connectivity index (χ4n) is 4.52. The van der Waals surface area contributed by atoms with Crippen LogP contribution in [0, 0.1) is 11.8 Å². The van der Waals surface area contributed by atoms with Crippen molar-refractivity contribution < 1.29 is 0 Å². The zero-order valence-corrected chi connectivity index (χ0v) is 11.0. The molecule has 1 saturated heterocycles. The summed E-state index contributed by atoms with van der Waals surface area (Å²) in [4.78, 5) is 4.45. The Labute approximate surface area is 109 Å². The molecule has 0 radical (unpaired) electrons. The maximum atomic E-state index is 4.45. The summed E-state index contributed by atoms with van der Waals surface area (Å²) in [5.41, 5.74) is 1.45. The highest BCUT2D eigenvalue weighted by molar-refractivity contribution is 5.10. The van der Waals surface area contributed by atoms with Gasteiger partial charge >= 0.3 is 0 Å². The Bertz CT molecular complexity index is 419. The number of piperidine rings is 1. The summed E-state index contributed by atoms with van der Waals surface area (Å²) in [5, 5.41) is 3.67. The lowest BCUT2D eigenvalue weighted by Crippen LogP contribution is -2.30. The fraction of sp³-hybridized carbons (Fsp3) is 0.800. The van der Waals surface area contributed by atoms with Crippen molar-refractivity contribution in [1.82, 2.24) is 14.9 Å². The van der Waals surface area contributed by atoms with E-state index in [2.05, 4.69) is 27.4 Å². The van der Waals surface area contributed by atoms with Crippen molar-refractivity contribution in [2.75, 3.05) is 6.54 Å². The first kappa shape index (κ1) is 11.0. The second kappa shape index (κ2) is 4.37. The number of rotatable bonds is 2. The molecule has 0 amide bonds. The molecule has 3 aliphatic rings. The Kier molecular flexibility index (Phi) is 2.68. The summed E-state index contributed by atoms with van der Waals surface area (Å²) in [6, 6.07) is 1.31. The second-order valence-electron chi connectivity index (χ2n) is 6.47. The van der Waals surface area contributed by atoms with Gasteiger partial charge in [0, 0.05) is 18.3 Å². The standard InChI is InChI=1S/C15H23N3/c1-2-6-17-13(3-1)15-9-16-10-18(15)14-8-11-4-5-12(14)7-11/h9-14,17H,1-8H2. The van der Waals surface area contributed by atoms with E-state index in [-0.39, 0.29) is 0 Å². The first-order chi connectivity index (χ1) is 8.92. The number of hydrogen-bond acceptors (Lipinski definition) is 2. The molecule has 1 N–H and O–H groups in total. The molecule has 2 aliphatic carbocycles. The van der Waals surface area contributed by atoms with Gasteiger partial charge in [0.05, 0.1) is 12.0 Å². The van der Waals surface area contributed by atoms with Gasteiger partial charge in [0.2, 0.25) is 0 Å². The van der Waals surface area contributed by atoms with Gasteiger partial charge in [-0.25, -0.2) is 4.98 Å². The normalized spacial score (nSPS) is 39.3. The van der Waals surface area contributed by atoms with Crippen molar-refractivity contribution >= 4 is 0 Å². The molecule has 0 spiro atoms. The molecule has 3 heteroatoms. The fourth-order valence-corrected chi connectivity index (χ4v) is 4.52. The summed E-state index contributed by atoms with van der Waals surface area (Å²) in [7, 11) is 0. The topological polar surface area (TPSA) is 29.9 Å². The van der Waals surface area contributed by atoms with Gasteiger partial charge in [-0.2, -0.15) is 0 Å². The molecule has 18 heavy (non-hydrogen) atoms. The van der Waals surface area contributed by atoms with Crippen molar-refractivity contribution in [3.05, 3.63) is 18.2 Å². The van der Waals surface area contributed by atoms with Crippen LogP contribution >= 0.6 is 0 Å². The van der Waals surface area contributed by atoms with Crippen LogP contribution in [0.3, 0.4) is 0 Å². The monoisotopic (exact) mass is 245 g/mol. The molecule has 1 aromatic rings. The molecule has 2 heterocycles. The van der Waals surface area contributed by atoms with Crippen LogP contribution in [0.2, 0.25) is 0 Å². The number of fused-ring (bicyclic) bond motifs is 2. The minimum Gasteiger partial charge on any atom is -0.330 e. The van der Waals surface area contributed by atoms with Crippen molar-refractivity contribution in [2.24, 2.45) is 11.8 Å².